The Morgan fingerprint density at radius 2 is 1.57 bits per heavy atom. The lowest BCUT2D eigenvalue weighted by Crippen LogP contribution is -2.43. The summed E-state index contributed by atoms with van der Waals surface area (Å²) >= 11 is 0. The van der Waals surface area contributed by atoms with E-state index >= 15 is 0 Å². The second-order valence-corrected chi connectivity index (χ2v) is 10.5. The molecular weight excluding hydrogens is 456 g/mol. The molecule has 1 saturated carbocycles. The molecule has 0 spiro atoms. The minimum atomic E-state index is -0.0427. The molecule has 1 saturated heterocycles. The average Bonchev–Trinajstić information content (AvgIpc) is 3.77. The number of amides is 1. The Kier molecular flexibility index (Phi) is 7.35. The molecule has 0 radical (unpaired) electrons. The van der Waals surface area contributed by atoms with Gasteiger partial charge < -0.3 is 10.2 Å². The molecule has 1 amide bonds. The van der Waals surface area contributed by atoms with Crippen molar-refractivity contribution in [1.82, 2.24) is 4.90 Å². The minimum absolute atomic E-state index is 0.0141. The first kappa shape index (κ1) is 24.8. The molecule has 3 aromatic carbocycles. The molecule has 2 aliphatic rings. The smallest absolute Gasteiger partial charge is 0.224 e. The summed E-state index contributed by atoms with van der Waals surface area (Å²) in [5.41, 5.74) is 5.25. The number of nitriles is 2. The number of likely N-dealkylation sites (tertiary alicyclic amines) is 1. The predicted molar refractivity (Wildman–Crippen MR) is 146 cm³/mol. The van der Waals surface area contributed by atoms with Crippen LogP contribution in [0.2, 0.25) is 0 Å². The summed E-state index contributed by atoms with van der Waals surface area (Å²) in [6, 6.07) is 27.9. The molecule has 1 heterocycles. The van der Waals surface area contributed by atoms with E-state index in [-0.39, 0.29) is 11.3 Å². The van der Waals surface area contributed by atoms with Gasteiger partial charge in [-0.05, 0) is 104 Å². The van der Waals surface area contributed by atoms with Gasteiger partial charge in [0, 0.05) is 18.7 Å². The van der Waals surface area contributed by atoms with E-state index in [0.717, 1.165) is 49.4 Å². The number of anilines is 1. The summed E-state index contributed by atoms with van der Waals surface area (Å²) in [6.07, 6.45) is 6.04. The van der Waals surface area contributed by atoms with Crippen LogP contribution in [0.1, 0.15) is 55.2 Å². The van der Waals surface area contributed by atoms with Crippen LogP contribution in [-0.4, -0.2) is 30.4 Å². The maximum absolute atomic E-state index is 12.9. The number of carbonyl (C=O) groups is 1. The van der Waals surface area contributed by atoms with Crippen LogP contribution in [0.25, 0.3) is 11.1 Å². The quantitative estimate of drug-likeness (QED) is 0.406. The van der Waals surface area contributed by atoms with E-state index in [1.165, 1.54) is 24.9 Å². The van der Waals surface area contributed by atoms with Crippen LogP contribution in [0.15, 0.2) is 72.8 Å². The van der Waals surface area contributed by atoms with E-state index < -0.39 is 0 Å². The second-order valence-electron chi connectivity index (χ2n) is 10.5. The van der Waals surface area contributed by atoms with Gasteiger partial charge in [-0.2, -0.15) is 10.5 Å². The van der Waals surface area contributed by atoms with E-state index in [1.54, 1.807) is 18.2 Å². The second kappa shape index (κ2) is 11.0. The molecule has 5 nitrogen and oxygen atoms in total. The fourth-order valence-electron chi connectivity index (χ4n) is 5.54. The van der Waals surface area contributed by atoms with Crippen LogP contribution in [0.4, 0.5) is 5.69 Å². The van der Waals surface area contributed by atoms with Crippen molar-refractivity contribution in [2.75, 3.05) is 25.0 Å². The lowest BCUT2D eigenvalue weighted by Gasteiger charge is -2.42. The third kappa shape index (κ3) is 6.08. The molecule has 186 valence electrons. The molecule has 2 fully saturated rings. The summed E-state index contributed by atoms with van der Waals surface area (Å²) < 4.78 is 0. The fraction of sp³-hybridized carbons (Fsp3) is 0.344. The summed E-state index contributed by atoms with van der Waals surface area (Å²) in [4.78, 5) is 15.5. The zero-order valence-electron chi connectivity index (χ0n) is 21.1. The van der Waals surface area contributed by atoms with Crippen LogP contribution in [0, 0.1) is 28.6 Å². The highest BCUT2D eigenvalue weighted by molar-refractivity contribution is 5.90. The first-order valence-electron chi connectivity index (χ1n) is 13.2. The van der Waals surface area contributed by atoms with Crippen LogP contribution >= 0.6 is 0 Å². The fourth-order valence-corrected chi connectivity index (χ4v) is 5.54. The number of hydrogen-bond donors (Lipinski definition) is 1. The van der Waals surface area contributed by atoms with Crippen molar-refractivity contribution >= 4 is 11.6 Å². The van der Waals surface area contributed by atoms with E-state index in [4.69, 9.17) is 5.26 Å². The van der Waals surface area contributed by atoms with Crippen LogP contribution < -0.4 is 5.32 Å². The van der Waals surface area contributed by atoms with Crippen LogP contribution in [-0.2, 0) is 10.2 Å². The highest BCUT2D eigenvalue weighted by atomic mass is 16.1. The maximum atomic E-state index is 12.9. The van der Waals surface area contributed by atoms with Gasteiger partial charge in [-0.15, -0.1) is 0 Å². The monoisotopic (exact) mass is 488 g/mol. The van der Waals surface area contributed by atoms with Gasteiger partial charge in [0.1, 0.15) is 0 Å². The third-order valence-corrected chi connectivity index (χ3v) is 7.95. The molecule has 1 aliphatic heterocycles. The molecule has 1 N–H and O–H groups in total. The van der Waals surface area contributed by atoms with E-state index in [2.05, 4.69) is 46.6 Å². The van der Waals surface area contributed by atoms with Crippen molar-refractivity contribution in [3.63, 3.8) is 0 Å². The molecule has 5 heteroatoms. The normalized spacial score (nSPS) is 16.9. The molecule has 0 atom stereocenters. The van der Waals surface area contributed by atoms with Crippen molar-refractivity contribution in [2.45, 2.75) is 43.9 Å². The number of benzene rings is 3. The molecule has 0 unspecified atom stereocenters. The zero-order chi connectivity index (χ0) is 25.7. The molecule has 37 heavy (non-hydrogen) atoms. The average molecular weight is 489 g/mol. The zero-order valence-corrected chi connectivity index (χ0v) is 21.1. The van der Waals surface area contributed by atoms with Crippen molar-refractivity contribution in [2.24, 2.45) is 5.92 Å². The van der Waals surface area contributed by atoms with Gasteiger partial charge in [-0.25, -0.2) is 0 Å². The summed E-state index contributed by atoms with van der Waals surface area (Å²) in [5.74, 6) is 0.866. The first-order valence-corrected chi connectivity index (χ1v) is 13.2. The van der Waals surface area contributed by atoms with Crippen molar-refractivity contribution in [3.05, 3.63) is 89.5 Å². The lowest BCUT2D eigenvalue weighted by molar-refractivity contribution is -0.116. The Morgan fingerprint density at radius 1 is 0.892 bits per heavy atom. The Bertz CT molecular complexity index is 1340. The highest BCUT2D eigenvalue weighted by Gasteiger charge is 2.37. The standard InChI is InChI=1S/C32H32N4O/c33-21-25-3-1-5-28(19-25)27-9-11-29(12-10-27)32(15-17-36(18-16-32)23-24-7-8-24)14-13-31(37)35-30-6-2-4-26(20-30)22-34/h1-6,9-12,19-20,24H,7-8,13-18,23H2,(H,35,37). The maximum Gasteiger partial charge on any atom is 0.224 e. The van der Waals surface area contributed by atoms with Crippen molar-refractivity contribution < 1.29 is 4.79 Å². The largest absolute Gasteiger partial charge is 0.326 e. The lowest BCUT2D eigenvalue weighted by atomic mass is 9.69. The topological polar surface area (TPSA) is 79.9 Å². The molecule has 0 aromatic heterocycles. The van der Waals surface area contributed by atoms with Crippen LogP contribution in [0.3, 0.4) is 0 Å². The number of nitrogens with zero attached hydrogens (tertiary/aromatic N) is 3. The number of nitrogens with one attached hydrogen (secondary N) is 1. The van der Waals surface area contributed by atoms with Gasteiger partial charge in [0.15, 0.2) is 0 Å². The van der Waals surface area contributed by atoms with Gasteiger partial charge in [-0.3, -0.25) is 4.79 Å². The minimum Gasteiger partial charge on any atom is -0.326 e. The Labute approximate surface area is 219 Å². The Balaban J connectivity index is 1.32. The SMILES string of the molecule is N#Cc1cccc(NC(=O)CCC2(c3ccc(-c4cccc(C#N)c4)cc3)CCN(CC3CC3)CC2)c1. The predicted octanol–water partition coefficient (Wildman–Crippen LogP) is 6.26. The number of rotatable bonds is 8. The van der Waals surface area contributed by atoms with E-state index in [0.29, 0.717) is 23.2 Å². The van der Waals surface area contributed by atoms with E-state index in [9.17, 15) is 10.1 Å². The molecule has 3 aromatic rings. The molecular formula is C32H32N4O. The number of hydrogen-bond acceptors (Lipinski definition) is 4. The van der Waals surface area contributed by atoms with Crippen LogP contribution in [0.5, 0.6) is 0 Å². The Morgan fingerprint density at radius 3 is 2.24 bits per heavy atom. The molecule has 5 rings (SSSR count). The first-order chi connectivity index (χ1) is 18.1. The summed E-state index contributed by atoms with van der Waals surface area (Å²) in [7, 11) is 0. The van der Waals surface area contributed by atoms with Gasteiger partial charge >= 0.3 is 0 Å². The Hall–Kier alpha value is -3.93. The summed E-state index contributed by atoms with van der Waals surface area (Å²) in [6.45, 7) is 3.34. The van der Waals surface area contributed by atoms with Gasteiger partial charge in [0.2, 0.25) is 5.91 Å². The van der Waals surface area contributed by atoms with Crippen molar-refractivity contribution in [3.8, 4) is 23.3 Å². The van der Waals surface area contributed by atoms with Gasteiger partial charge in [0.05, 0.1) is 23.3 Å². The van der Waals surface area contributed by atoms with Crippen molar-refractivity contribution in [1.29, 1.82) is 10.5 Å². The van der Waals surface area contributed by atoms with Gasteiger partial charge in [0.25, 0.3) is 0 Å². The molecule has 0 bridgehead atoms. The highest BCUT2D eigenvalue weighted by Crippen LogP contribution is 2.41. The van der Waals surface area contributed by atoms with E-state index in [1.807, 2.05) is 30.3 Å². The third-order valence-electron chi connectivity index (χ3n) is 7.95. The number of carbonyl (C=O) groups excluding carboxylic acids is 1. The number of piperidine rings is 1. The molecule has 1 aliphatic carbocycles. The summed E-state index contributed by atoms with van der Waals surface area (Å²) in [5, 5.41) is 21.4. The van der Waals surface area contributed by atoms with Gasteiger partial charge in [-0.1, -0.05) is 42.5 Å².